The number of alkyl halides is 3. The average molecular weight is 345 g/mol. The van der Waals surface area contributed by atoms with Gasteiger partial charge in [-0.3, -0.25) is 9.59 Å². The number of carbonyl (C=O) groups excluding carboxylic acids is 1. The van der Waals surface area contributed by atoms with Crippen LogP contribution in [0, 0.1) is 5.92 Å². The predicted molar refractivity (Wildman–Crippen MR) is 78.5 cm³/mol. The van der Waals surface area contributed by atoms with Crippen LogP contribution in [0.5, 0.6) is 5.75 Å². The molecule has 0 aromatic heterocycles. The highest BCUT2D eigenvalue weighted by Crippen LogP contribution is 2.51. The number of ether oxygens (including phenoxy) is 1. The van der Waals surface area contributed by atoms with Crippen molar-refractivity contribution in [1.29, 1.82) is 0 Å². The van der Waals surface area contributed by atoms with Gasteiger partial charge in [-0.1, -0.05) is 18.2 Å². The fourth-order valence-corrected chi connectivity index (χ4v) is 2.71. The number of rotatable bonds is 7. The highest BCUT2D eigenvalue weighted by molar-refractivity contribution is 5.83. The van der Waals surface area contributed by atoms with Crippen LogP contribution in [0.25, 0.3) is 0 Å². The molecule has 1 aromatic rings. The minimum Gasteiger partial charge on any atom is -0.481 e. The van der Waals surface area contributed by atoms with Gasteiger partial charge < -0.3 is 14.7 Å². The van der Waals surface area contributed by atoms with E-state index in [1.807, 2.05) is 0 Å². The summed E-state index contributed by atoms with van der Waals surface area (Å²) in [6.07, 6.45) is -4.52. The monoisotopic (exact) mass is 345 g/mol. The summed E-state index contributed by atoms with van der Waals surface area (Å²) >= 11 is 0. The number of carboxylic acid groups (broad SMARTS) is 1. The number of aliphatic carboxylic acids is 1. The van der Waals surface area contributed by atoms with E-state index in [0.717, 1.165) is 0 Å². The Hall–Kier alpha value is -2.25. The van der Waals surface area contributed by atoms with Gasteiger partial charge in [0.1, 0.15) is 5.75 Å². The molecule has 5 nitrogen and oxygen atoms in total. The molecule has 1 fully saturated rings. The number of carbonyl (C=O) groups is 2. The summed E-state index contributed by atoms with van der Waals surface area (Å²) in [7, 11) is 0. The molecule has 1 aliphatic carbocycles. The van der Waals surface area contributed by atoms with Gasteiger partial charge in [0, 0.05) is 19.0 Å². The van der Waals surface area contributed by atoms with Gasteiger partial charge in [0.05, 0.1) is 6.42 Å². The molecule has 1 aromatic carbocycles. The van der Waals surface area contributed by atoms with E-state index in [0.29, 0.717) is 18.5 Å². The average Bonchev–Trinajstić information content (AvgIpc) is 3.26. The van der Waals surface area contributed by atoms with E-state index in [2.05, 4.69) is 4.74 Å². The molecule has 1 aliphatic rings. The quantitative estimate of drug-likeness (QED) is 0.825. The molecule has 0 radical (unpaired) electrons. The lowest BCUT2D eigenvalue weighted by atomic mass is 10.1. The Morgan fingerprint density at radius 2 is 2.00 bits per heavy atom. The zero-order valence-electron chi connectivity index (χ0n) is 13.0. The molecule has 24 heavy (non-hydrogen) atoms. The van der Waals surface area contributed by atoms with E-state index in [4.69, 9.17) is 5.11 Å². The van der Waals surface area contributed by atoms with Crippen molar-refractivity contribution in [3.05, 3.63) is 29.8 Å². The van der Waals surface area contributed by atoms with Gasteiger partial charge in [0.15, 0.2) is 0 Å². The second kappa shape index (κ2) is 7.11. The van der Waals surface area contributed by atoms with E-state index in [1.54, 1.807) is 13.0 Å². The van der Waals surface area contributed by atoms with Crippen molar-refractivity contribution < 1.29 is 32.6 Å². The lowest BCUT2D eigenvalue weighted by Gasteiger charge is -2.20. The number of hydrogen-bond acceptors (Lipinski definition) is 3. The molecule has 1 amide bonds. The van der Waals surface area contributed by atoms with Crippen LogP contribution in [0.15, 0.2) is 24.3 Å². The molecule has 8 heteroatoms. The van der Waals surface area contributed by atoms with Crippen molar-refractivity contribution in [1.82, 2.24) is 4.90 Å². The van der Waals surface area contributed by atoms with E-state index in [9.17, 15) is 22.8 Å². The SMILES string of the molecule is CCN(CCC(=O)O)C(=O)C1CC1c1ccccc1OC(F)(F)F. The van der Waals surface area contributed by atoms with Crippen molar-refractivity contribution in [2.24, 2.45) is 5.92 Å². The van der Waals surface area contributed by atoms with Crippen LogP contribution in [0.1, 0.15) is 31.2 Å². The van der Waals surface area contributed by atoms with Crippen molar-refractivity contribution in [2.45, 2.75) is 32.0 Å². The Balaban J connectivity index is 2.06. The van der Waals surface area contributed by atoms with Gasteiger partial charge in [-0.2, -0.15) is 0 Å². The van der Waals surface area contributed by atoms with Crippen molar-refractivity contribution >= 4 is 11.9 Å². The smallest absolute Gasteiger partial charge is 0.481 e. The summed E-state index contributed by atoms with van der Waals surface area (Å²) in [5, 5.41) is 8.71. The fourth-order valence-electron chi connectivity index (χ4n) is 2.71. The van der Waals surface area contributed by atoms with Crippen LogP contribution < -0.4 is 4.74 Å². The summed E-state index contributed by atoms with van der Waals surface area (Å²) in [4.78, 5) is 24.5. The summed E-state index contributed by atoms with van der Waals surface area (Å²) in [5.41, 5.74) is 0.350. The van der Waals surface area contributed by atoms with Gasteiger partial charge in [-0.15, -0.1) is 13.2 Å². The normalized spacial score (nSPS) is 19.7. The third kappa shape index (κ3) is 4.62. The van der Waals surface area contributed by atoms with Crippen LogP contribution >= 0.6 is 0 Å². The Morgan fingerprint density at radius 1 is 1.33 bits per heavy atom. The van der Waals surface area contributed by atoms with Gasteiger partial charge in [0.2, 0.25) is 5.91 Å². The summed E-state index contributed by atoms with van der Waals surface area (Å²) in [6, 6.07) is 5.78. The Morgan fingerprint density at radius 3 is 2.58 bits per heavy atom. The van der Waals surface area contributed by atoms with Gasteiger partial charge in [-0.05, 0) is 30.9 Å². The minimum absolute atomic E-state index is 0.0918. The molecule has 2 unspecified atom stereocenters. The zero-order chi connectivity index (χ0) is 17.9. The molecule has 0 saturated heterocycles. The molecule has 0 spiro atoms. The fraction of sp³-hybridized carbons (Fsp3) is 0.500. The molecule has 132 valence electrons. The molecule has 1 N–H and O–H groups in total. The van der Waals surface area contributed by atoms with E-state index in [1.165, 1.54) is 23.1 Å². The zero-order valence-corrected chi connectivity index (χ0v) is 13.0. The summed E-state index contributed by atoms with van der Waals surface area (Å²) < 4.78 is 41.4. The van der Waals surface area contributed by atoms with Gasteiger partial charge >= 0.3 is 12.3 Å². The number of para-hydroxylation sites is 1. The minimum atomic E-state index is -4.79. The molecular weight excluding hydrogens is 327 g/mol. The van der Waals surface area contributed by atoms with Crippen LogP contribution in [-0.4, -0.2) is 41.3 Å². The van der Waals surface area contributed by atoms with Crippen molar-refractivity contribution in [3.8, 4) is 5.75 Å². The maximum absolute atomic E-state index is 12.5. The maximum Gasteiger partial charge on any atom is 0.573 e. The second-order valence-corrected chi connectivity index (χ2v) is 5.60. The first-order chi connectivity index (χ1) is 11.2. The van der Waals surface area contributed by atoms with E-state index in [-0.39, 0.29) is 30.5 Å². The molecule has 0 bridgehead atoms. The Kier molecular flexibility index (Phi) is 5.36. The van der Waals surface area contributed by atoms with Crippen LogP contribution in [0.3, 0.4) is 0 Å². The molecule has 2 atom stereocenters. The number of carboxylic acids is 1. The first-order valence-electron chi connectivity index (χ1n) is 7.58. The van der Waals surface area contributed by atoms with Crippen LogP contribution in [-0.2, 0) is 9.59 Å². The lowest BCUT2D eigenvalue weighted by molar-refractivity contribution is -0.274. The van der Waals surface area contributed by atoms with Crippen molar-refractivity contribution in [2.75, 3.05) is 13.1 Å². The van der Waals surface area contributed by atoms with Gasteiger partial charge in [-0.25, -0.2) is 0 Å². The Labute approximate surface area is 137 Å². The van der Waals surface area contributed by atoms with E-state index >= 15 is 0 Å². The maximum atomic E-state index is 12.5. The molecule has 0 heterocycles. The number of benzene rings is 1. The first kappa shape index (κ1) is 18.1. The molecule has 2 rings (SSSR count). The molecule has 1 saturated carbocycles. The standard InChI is InChI=1S/C16H18F3NO4/c1-2-20(8-7-14(21)22)15(23)12-9-11(12)10-5-3-4-6-13(10)24-16(17,18)19/h3-6,11-12H,2,7-9H2,1H3,(H,21,22). The molecular formula is C16H18F3NO4. The lowest BCUT2D eigenvalue weighted by Crippen LogP contribution is -2.34. The molecule has 0 aliphatic heterocycles. The largest absolute Gasteiger partial charge is 0.573 e. The summed E-state index contributed by atoms with van der Waals surface area (Å²) in [6.45, 7) is 2.18. The highest BCUT2D eigenvalue weighted by Gasteiger charge is 2.47. The highest BCUT2D eigenvalue weighted by atomic mass is 19.4. The topological polar surface area (TPSA) is 66.8 Å². The predicted octanol–water partition coefficient (Wildman–Crippen LogP) is 3.01. The van der Waals surface area contributed by atoms with Crippen molar-refractivity contribution in [3.63, 3.8) is 0 Å². The third-order valence-electron chi connectivity index (χ3n) is 3.94. The number of halogens is 3. The number of hydrogen-bond donors (Lipinski definition) is 1. The van der Waals surface area contributed by atoms with Crippen LogP contribution in [0.2, 0.25) is 0 Å². The number of amides is 1. The van der Waals surface area contributed by atoms with Gasteiger partial charge in [0.25, 0.3) is 0 Å². The Bertz CT molecular complexity index is 618. The first-order valence-corrected chi connectivity index (χ1v) is 7.58. The van der Waals surface area contributed by atoms with Crippen LogP contribution in [0.4, 0.5) is 13.2 Å². The van der Waals surface area contributed by atoms with E-state index < -0.39 is 18.2 Å². The third-order valence-corrected chi connectivity index (χ3v) is 3.94. The summed E-state index contributed by atoms with van der Waals surface area (Å²) in [5.74, 6) is -2.30. The second-order valence-electron chi connectivity index (χ2n) is 5.60. The number of nitrogens with zero attached hydrogens (tertiary/aromatic N) is 1.